The molecular formula is C22H25FO4. The molecule has 0 amide bonds. The van der Waals surface area contributed by atoms with Crippen LogP contribution in [-0.4, -0.2) is 22.2 Å². The fourth-order valence-corrected chi connectivity index (χ4v) is 4.93. The largest absolute Gasteiger partial charge is 0.481 e. The molecule has 5 heteroatoms. The van der Waals surface area contributed by atoms with Crippen LogP contribution >= 0.6 is 0 Å². The summed E-state index contributed by atoms with van der Waals surface area (Å²) in [6.07, 6.45) is 6.29. The third-order valence-electron chi connectivity index (χ3n) is 6.38. The fourth-order valence-electron chi connectivity index (χ4n) is 4.93. The molecule has 3 rings (SSSR count). The quantitative estimate of drug-likeness (QED) is 0.787. The molecule has 0 saturated heterocycles. The number of rotatable bonds is 4. The average Bonchev–Trinajstić information content (AvgIpc) is 2.63. The van der Waals surface area contributed by atoms with E-state index in [1.807, 2.05) is 0 Å². The summed E-state index contributed by atoms with van der Waals surface area (Å²) >= 11 is 0. The number of hydrogen-bond donors (Lipinski definition) is 2. The lowest BCUT2D eigenvalue weighted by Gasteiger charge is -2.45. The molecule has 0 aliphatic heterocycles. The molecule has 27 heavy (non-hydrogen) atoms. The predicted octanol–water partition coefficient (Wildman–Crippen LogP) is 4.91. The normalized spacial score (nSPS) is 26.6. The van der Waals surface area contributed by atoms with E-state index in [4.69, 9.17) is 0 Å². The van der Waals surface area contributed by atoms with Gasteiger partial charge in [-0.25, -0.2) is 9.18 Å². The number of carbonyl (C=O) groups is 2. The summed E-state index contributed by atoms with van der Waals surface area (Å²) in [5, 5.41) is 20.1. The summed E-state index contributed by atoms with van der Waals surface area (Å²) in [6, 6.07) is 5.77. The van der Waals surface area contributed by atoms with E-state index in [0.717, 1.165) is 32.1 Å². The van der Waals surface area contributed by atoms with E-state index in [1.165, 1.54) is 12.1 Å². The number of benzene rings is 1. The lowest BCUT2D eigenvalue weighted by molar-refractivity contribution is -0.153. The molecule has 0 radical (unpaired) electrons. The molecule has 144 valence electrons. The van der Waals surface area contributed by atoms with Crippen LogP contribution in [-0.2, 0) is 9.59 Å². The van der Waals surface area contributed by atoms with Gasteiger partial charge in [-0.15, -0.1) is 0 Å². The molecule has 2 unspecified atom stereocenters. The van der Waals surface area contributed by atoms with Gasteiger partial charge in [-0.2, -0.15) is 0 Å². The zero-order chi connectivity index (χ0) is 19.8. The van der Waals surface area contributed by atoms with E-state index in [-0.39, 0.29) is 17.3 Å². The van der Waals surface area contributed by atoms with Gasteiger partial charge in [-0.05, 0) is 54.5 Å². The van der Waals surface area contributed by atoms with Crippen molar-refractivity contribution >= 4 is 17.5 Å². The summed E-state index contributed by atoms with van der Waals surface area (Å²) in [5.41, 5.74) is 0.649. The molecule has 2 aliphatic carbocycles. The van der Waals surface area contributed by atoms with Crippen molar-refractivity contribution < 1.29 is 24.2 Å². The summed E-state index contributed by atoms with van der Waals surface area (Å²) in [6.45, 7) is 3.43. The molecule has 1 fully saturated rings. The Morgan fingerprint density at radius 1 is 1.07 bits per heavy atom. The van der Waals surface area contributed by atoms with E-state index in [9.17, 15) is 24.2 Å². The van der Waals surface area contributed by atoms with Gasteiger partial charge in [-0.3, -0.25) is 4.79 Å². The van der Waals surface area contributed by atoms with E-state index >= 15 is 0 Å². The summed E-state index contributed by atoms with van der Waals surface area (Å²) in [5.74, 6) is -3.21. The molecule has 1 saturated carbocycles. The second-order valence-corrected chi connectivity index (χ2v) is 7.70. The van der Waals surface area contributed by atoms with Crippen LogP contribution in [0, 0.1) is 23.1 Å². The van der Waals surface area contributed by atoms with Crippen molar-refractivity contribution in [1.29, 1.82) is 0 Å². The first kappa shape index (κ1) is 19.3. The van der Waals surface area contributed by atoms with Gasteiger partial charge in [0, 0.05) is 11.5 Å². The van der Waals surface area contributed by atoms with Crippen LogP contribution in [0.2, 0.25) is 0 Å². The van der Waals surface area contributed by atoms with Gasteiger partial charge in [0.2, 0.25) is 0 Å². The van der Waals surface area contributed by atoms with Crippen molar-refractivity contribution in [2.45, 2.75) is 46.0 Å². The van der Waals surface area contributed by atoms with E-state index in [0.29, 0.717) is 16.7 Å². The highest BCUT2D eigenvalue weighted by Gasteiger charge is 2.53. The molecule has 0 bridgehead atoms. The Bertz CT molecular complexity index is 815. The number of allylic oxidation sites excluding steroid dienone is 2. The highest BCUT2D eigenvalue weighted by atomic mass is 19.1. The van der Waals surface area contributed by atoms with Crippen LogP contribution in [0.15, 0.2) is 41.5 Å². The van der Waals surface area contributed by atoms with Gasteiger partial charge in [0.05, 0.1) is 5.41 Å². The molecule has 1 aromatic rings. The van der Waals surface area contributed by atoms with Gasteiger partial charge >= 0.3 is 11.9 Å². The smallest absolute Gasteiger partial charge is 0.332 e. The van der Waals surface area contributed by atoms with Crippen LogP contribution in [0.4, 0.5) is 4.39 Å². The number of halogens is 1. The molecular weight excluding hydrogens is 347 g/mol. The monoisotopic (exact) mass is 372 g/mol. The predicted molar refractivity (Wildman–Crippen MR) is 101 cm³/mol. The van der Waals surface area contributed by atoms with Crippen molar-refractivity contribution in [2.75, 3.05) is 0 Å². The van der Waals surface area contributed by atoms with Crippen molar-refractivity contribution in [3.05, 3.63) is 52.9 Å². The maximum atomic E-state index is 13.4. The standard InChI is InChI=1S/C22H25FO4/c1-13-18(15-8-10-17(23)11-9-15)12-22(21(26)27,14(2)19(13)20(24)25)16-6-4-3-5-7-16/h8-12,14,16H,3-7H2,1-2H3,(H,24,25)(H,26,27). The Hall–Kier alpha value is -2.43. The fraction of sp³-hybridized carbons (Fsp3) is 0.455. The first-order valence-electron chi connectivity index (χ1n) is 9.45. The lowest BCUT2D eigenvalue weighted by atomic mass is 9.57. The summed E-state index contributed by atoms with van der Waals surface area (Å²) in [7, 11) is 0. The van der Waals surface area contributed by atoms with Crippen molar-refractivity contribution in [1.82, 2.24) is 0 Å². The van der Waals surface area contributed by atoms with Gasteiger partial charge in [0.25, 0.3) is 0 Å². The van der Waals surface area contributed by atoms with Crippen molar-refractivity contribution in [2.24, 2.45) is 17.3 Å². The van der Waals surface area contributed by atoms with Crippen molar-refractivity contribution in [3.63, 3.8) is 0 Å². The SMILES string of the molecule is CC1=C(C(=O)O)C(C)C(C(=O)O)(C2CCCCC2)C=C1c1ccc(F)cc1. The molecule has 4 nitrogen and oxygen atoms in total. The lowest BCUT2D eigenvalue weighted by Crippen LogP contribution is -2.47. The Balaban J connectivity index is 2.24. The topological polar surface area (TPSA) is 74.6 Å². The highest BCUT2D eigenvalue weighted by Crippen LogP contribution is 2.53. The van der Waals surface area contributed by atoms with Gasteiger partial charge < -0.3 is 10.2 Å². The van der Waals surface area contributed by atoms with Gasteiger partial charge in [0.15, 0.2) is 0 Å². The molecule has 2 aliphatic rings. The number of carboxylic acids is 2. The number of aliphatic carboxylic acids is 2. The first-order chi connectivity index (χ1) is 12.8. The van der Waals surface area contributed by atoms with Crippen LogP contribution in [0.25, 0.3) is 5.57 Å². The number of hydrogen-bond acceptors (Lipinski definition) is 2. The molecule has 2 atom stereocenters. The first-order valence-corrected chi connectivity index (χ1v) is 9.45. The second kappa shape index (κ2) is 7.29. The third-order valence-corrected chi connectivity index (χ3v) is 6.38. The zero-order valence-electron chi connectivity index (χ0n) is 15.7. The molecule has 0 heterocycles. The van der Waals surface area contributed by atoms with E-state index < -0.39 is 23.3 Å². The molecule has 0 aromatic heterocycles. The molecule has 1 aromatic carbocycles. The Kier molecular flexibility index (Phi) is 5.22. The summed E-state index contributed by atoms with van der Waals surface area (Å²) in [4.78, 5) is 24.6. The van der Waals surface area contributed by atoms with Crippen LogP contribution in [0.5, 0.6) is 0 Å². The van der Waals surface area contributed by atoms with Crippen LogP contribution in [0.3, 0.4) is 0 Å². The Morgan fingerprint density at radius 3 is 2.19 bits per heavy atom. The van der Waals surface area contributed by atoms with Gasteiger partial charge in [-0.1, -0.05) is 44.4 Å². The average molecular weight is 372 g/mol. The third kappa shape index (κ3) is 3.20. The molecule has 2 N–H and O–H groups in total. The minimum atomic E-state index is -1.27. The second-order valence-electron chi connectivity index (χ2n) is 7.70. The maximum Gasteiger partial charge on any atom is 0.332 e. The highest BCUT2D eigenvalue weighted by molar-refractivity contribution is 5.99. The Labute approximate surface area is 158 Å². The number of carboxylic acid groups (broad SMARTS) is 2. The summed E-state index contributed by atoms with van der Waals surface area (Å²) < 4.78 is 13.4. The van der Waals surface area contributed by atoms with E-state index in [2.05, 4.69) is 0 Å². The maximum absolute atomic E-state index is 13.4. The minimum absolute atomic E-state index is 0.114. The van der Waals surface area contributed by atoms with E-state index in [1.54, 1.807) is 32.1 Å². The zero-order valence-corrected chi connectivity index (χ0v) is 15.7. The Morgan fingerprint density at radius 2 is 1.67 bits per heavy atom. The minimum Gasteiger partial charge on any atom is -0.481 e. The van der Waals surface area contributed by atoms with Crippen molar-refractivity contribution in [3.8, 4) is 0 Å². The molecule has 0 spiro atoms. The van der Waals surface area contributed by atoms with Gasteiger partial charge in [0.1, 0.15) is 5.82 Å². The van der Waals surface area contributed by atoms with Crippen LogP contribution in [0.1, 0.15) is 51.5 Å². The van der Waals surface area contributed by atoms with Crippen LogP contribution < -0.4 is 0 Å².